The summed E-state index contributed by atoms with van der Waals surface area (Å²) in [5.74, 6) is -0.818. The Hall–Kier alpha value is -2.30. The molecule has 0 atom stereocenters. The third-order valence-corrected chi connectivity index (χ3v) is 2.54. The molecule has 1 N–H and O–H groups in total. The summed E-state index contributed by atoms with van der Waals surface area (Å²) in [7, 11) is 0. The first-order chi connectivity index (χ1) is 8.56. The number of carboxylic acids is 1. The SMILES string of the molecule is Cc1nc(Cc2ccc(F)cc2)ncc1C(=O)O. The Morgan fingerprint density at radius 1 is 1.33 bits per heavy atom. The summed E-state index contributed by atoms with van der Waals surface area (Å²) in [6.45, 7) is 1.62. The molecule has 4 nitrogen and oxygen atoms in total. The van der Waals surface area contributed by atoms with Gasteiger partial charge in [-0.2, -0.15) is 0 Å². The number of hydrogen-bond donors (Lipinski definition) is 1. The van der Waals surface area contributed by atoms with E-state index in [1.165, 1.54) is 18.3 Å². The number of carbonyl (C=O) groups is 1. The summed E-state index contributed by atoms with van der Waals surface area (Å²) in [5.41, 5.74) is 1.39. The first-order valence-corrected chi connectivity index (χ1v) is 5.36. The summed E-state index contributed by atoms with van der Waals surface area (Å²) in [6, 6.07) is 6.04. The molecule has 0 aliphatic heterocycles. The van der Waals surface area contributed by atoms with Crippen LogP contribution < -0.4 is 0 Å². The number of aromatic nitrogens is 2. The minimum Gasteiger partial charge on any atom is -0.478 e. The molecular weight excluding hydrogens is 235 g/mol. The van der Waals surface area contributed by atoms with E-state index in [-0.39, 0.29) is 11.4 Å². The number of hydrogen-bond acceptors (Lipinski definition) is 3. The van der Waals surface area contributed by atoms with Gasteiger partial charge < -0.3 is 5.11 Å². The highest BCUT2D eigenvalue weighted by Crippen LogP contribution is 2.09. The van der Waals surface area contributed by atoms with Gasteiger partial charge in [-0.1, -0.05) is 12.1 Å². The van der Waals surface area contributed by atoms with Gasteiger partial charge in [0, 0.05) is 12.6 Å². The molecule has 92 valence electrons. The highest BCUT2D eigenvalue weighted by molar-refractivity contribution is 5.88. The second-order valence-corrected chi connectivity index (χ2v) is 3.89. The molecule has 1 aromatic heterocycles. The molecule has 18 heavy (non-hydrogen) atoms. The highest BCUT2D eigenvalue weighted by atomic mass is 19.1. The van der Waals surface area contributed by atoms with Gasteiger partial charge in [0.15, 0.2) is 0 Å². The molecule has 2 rings (SSSR count). The van der Waals surface area contributed by atoms with Crippen LogP contribution in [0.3, 0.4) is 0 Å². The number of aromatic carboxylic acids is 1. The Kier molecular flexibility index (Phi) is 3.32. The number of benzene rings is 1. The lowest BCUT2D eigenvalue weighted by Crippen LogP contribution is -2.06. The summed E-state index contributed by atoms with van der Waals surface area (Å²) < 4.78 is 12.7. The Morgan fingerprint density at radius 2 is 2.00 bits per heavy atom. The van der Waals surface area contributed by atoms with Crippen molar-refractivity contribution in [3.8, 4) is 0 Å². The molecule has 2 aromatic rings. The van der Waals surface area contributed by atoms with Gasteiger partial charge in [-0.05, 0) is 24.6 Å². The van der Waals surface area contributed by atoms with Crippen LogP contribution in [0.4, 0.5) is 4.39 Å². The second kappa shape index (κ2) is 4.91. The van der Waals surface area contributed by atoms with Crippen molar-refractivity contribution >= 4 is 5.97 Å². The van der Waals surface area contributed by atoms with Crippen molar-refractivity contribution < 1.29 is 14.3 Å². The van der Waals surface area contributed by atoms with Crippen LogP contribution in [0.2, 0.25) is 0 Å². The Labute approximate surface area is 103 Å². The topological polar surface area (TPSA) is 63.1 Å². The minimum absolute atomic E-state index is 0.0952. The lowest BCUT2D eigenvalue weighted by Gasteiger charge is -2.04. The van der Waals surface area contributed by atoms with Crippen molar-refractivity contribution in [2.75, 3.05) is 0 Å². The number of aryl methyl sites for hydroxylation is 1. The van der Waals surface area contributed by atoms with E-state index in [9.17, 15) is 9.18 Å². The van der Waals surface area contributed by atoms with Gasteiger partial charge >= 0.3 is 5.97 Å². The smallest absolute Gasteiger partial charge is 0.339 e. The lowest BCUT2D eigenvalue weighted by molar-refractivity contribution is 0.0695. The fourth-order valence-electron chi connectivity index (χ4n) is 1.60. The van der Waals surface area contributed by atoms with Crippen molar-refractivity contribution in [3.05, 3.63) is 58.9 Å². The largest absolute Gasteiger partial charge is 0.478 e. The summed E-state index contributed by atoms with van der Waals surface area (Å²) in [4.78, 5) is 18.9. The van der Waals surface area contributed by atoms with Crippen molar-refractivity contribution in [1.82, 2.24) is 9.97 Å². The number of carboxylic acid groups (broad SMARTS) is 1. The van der Waals surface area contributed by atoms with Gasteiger partial charge in [-0.3, -0.25) is 0 Å². The quantitative estimate of drug-likeness (QED) is 0.901. The highest BCUT2D eigenvalue weighted by Gasteiger charge is 2.10. The van der Waals surface area contributed by atoms with Gasteiger partial charge in [-0.25, -0.2) is 19.2 Å². The van der Waals surface area contributed by atoms with E-state index in [1.54, 1.807) is 19.1 Å². The number of rotatable bonds is 3. The zero-order valence-corrected chi connectivity index (χ0v) is 9.72. The molecule has 0 saturated heterocycles. The Balaban J connectivity index is 2.22. The molecular formula is C13H11FN2O2. The molecule has 1 heterocycles. The van der Waals surface area contributed by atoms with Gasteiger partial charge in [0.1, 0.15) is 11.6 Å². The molecule has 0 bridgehead atoms. The van der Waals surface area contributed by atoms with Gasteiger partial charge in [0.2, 0.25) is 0 Å². The van der Waals surface area contributed by atoms with E-state index >= 15 is 0 Å². The fourth-order valence-corrected chi connectivity index (χ4v) is 1.60. The zero-order chi connectivity index (χ0) is 13.1. The predicted octanol–water partition coefficient (Wildman–Crippen LogP) is 2.21. The maximum atomic E-state index is 12.7. The zero-order valence-electron chi connectivity index (χ0n) is 9.72. The van der Waals surface area contributed by atoms with Crippen LogP contribution in [-0.2, 0) is 6.42 Å². The maximum Gasteiger partial charge on any atom is 0.339 e. The summed E-state index contributed by atoms with van der Waals surface area (Å²) in [5, 5.41) is 8.86. The molecule has 0 amide bonds. The molecule has 0 fully saturated rings. The van der Waals surface area contributed by atoms with Crippen LogP contribution in [0.15, 0.2) is 30.5 Å². The molecule has 0 radical (unpaired) electrons. The maximum absolute atomic E-state index is 12.7. The van der Waals surface area contributed by atoms with Crippen molar-refractivity contribution in [2.24, 2.45) is 0 Å². The van der Waals surface area contributed by atoms with Crippen LogP contribution in [0, 0.1) is 12.7 Å². The average molecular weight is 246 g/mol. The van der Waals surface area contributed by atoms with E-state index in [2.05, 4.69) is 9.97 Å². The Bertz CT molecular complexity index is 582. The summed E-state index contributed by atoms with van der Waals surface area (Å²) in [6.07, 6.45) is 1.74. The van der Waals surface area contributed by atoms with Gasteiger partial charge in [0.25, 0.3) is 0 Å². The fraction of sp³-hybridized carbons (Fsp3) is 0.154. The van der Waals surface area contributed by atoms with Crippen LogP contribution in [-0.4, -0.2) is 21.0 Å². The van der Waals surface area contributed by atoms with Crippen LogP contribution in [0.25, 0.3) is 0 Å². The third kappa shape index (κ3) is 2.68. The van der Waals surface area contributed by atoms with Crippen molar-refractivity contribution in [1.29, 1.82) is 0 Å². The molecule has 5 heteroatoms. The van der Waals surface area contributed by atoms with Gasteiger partial charge in [0.05, 0.1) is 11.3 Å². The number of halogens is 1. The van der Waals surface area contributed by atoms with Crippen LogP contribution in [0.5, 0.6) is 0 Å². The van der Waals surface area contributed by atoms with E-state index in [4.69, 9.17) is 5.11 Å². The Morgan fingerprint density at radius 3 is 2.56 bits per heavy atom. The first kappa shape index (κ1) is 12.2. The molecule has 0 unspecified atom stereocenters. The second-order valence-electron chi connectivity index (χ2n) is 3.89. The molecule has 0 spiro atoms. The lowest BCUT2D eigenvalue weighted by atomic mass is 10.1. The van der Waals surface area contributed by atoms with Gasteiger partial charge in [-0.15, -0.1) is 0 Å². The van der Waals surface area contributed by atoms with Crippen molar-refractivity contribution in [2.45, 2.75) is 13.3 Å². The normalized spacial score (nSPS) is 10.3. The molecule has 0 aliphatic carbocycles. The standard InChI is InChI=1S/C13H11FN2O2/c1-8-11(13(17)18)7-15-12(16-8)6-9-2-4-10(14)5-3-9/h2-5,7H,6H2,1H3,(H,17,18). The van der Waals surface area contributed by atoms with Crippen LogP contribution in [0.1, 0.15) is 27.4 Å². The van der Waals surface area contributed by atoms with E-state index in [0.29, 0.717) is 17.9 Å². The van der Waals surface area contributed by atoms with Crippen molar-refractivity contribution in [3.63, 3.8) is 0 Å². The first-order valence-electron chi connectivity index (χ1n) is 5.36. The predicted molar refractivity (Wildman–Crippen MR) is 62.9 cm³/mol. The minimum atomic E-state index is -1.04. The van der Waals surface area contributed by atoms with E-state index < -0.39 is 5.97 Å². The molecule has 1 aromatic carbocycles. The van der Waals surface area contributed by atoms with E-state index in [0.717, 1.165) is 5.56 Å². The monoisotopic (exact) mass is 246 g/mol. The van der Waals surface area contributed by atoms with E-state index in [1.807, 2.05) is 0 Å². The number of nitrogens with zero attached hydrogens (tertiary/aromatic N) is 2. The third-order valence-electron chi connectivity index (χ3n) is 2.54. The van der Waals surface area contributed by atoms with Crippen LogP contribution >= 0.6 is 0 Å². The molecule has 0 saturated carbocycles. The average Bonchev–Trinajstić information content (AvgIpc) is 2.32. The summed E-state index contributed by atoms with van der Waals surface area (Å²) >= 11 is 0. The molecule has 0 aliphatic rings.